The van der Waals surface area contributed by atoms with Gasteiger partial charge in [-0.05, 0) is 30.2 Å². The molecule has 2 aromatic heterocycles. The molecule has 0 aliphatic heterocycles. The van der Waals surface area contributed by atoms with E-state index in [9.17, 15) is 13.2 Å². The van der Waals surface area contributed by atoms with Gasteiger partial charge in [-0.15, -0.1) is 0 Å². The van der Waals surface area contributed by atoms with Crippen molar-refractivity contribution in [1.29, 1.82) is 0 Å². The minimum absolute atomic E-state index is 0.110. The number of nitrogens with zero attached hydrogens (tertiary/aromatic N) is 2. The first-order valence-electron chi connectivity index (χ1n) is 7.39. The van der Waals surface area contributed by atoms with E-state index in [2.05, 4.69) is 4.98 Å². The Morgan fingerprint density at radius 1 is 1.04 bits per heavy atom. The Kier molecular flexibility index (Phi) is 3.16. The van der Waals surface area contributed by atoms with E-state index >= 15 is 0 Å². The molecule has 3 aromatic rings. The molecule has 23 heavy (non-hydrogen) atoms. The van der Waals surface area contributed by atoms with Crippen molar-refractivity contribution < 1.29 is 13.2 Å². The zero-order valence-electron chi connectivity index (χ0n) is 12.1. The lowest BCUT2D eigenvalue weighted by molar-refractivity contribution is 0.446. The van der Waals surface area contributed by atoms with Gasteiger partial charge in [-0.2, -0.15) is 0 Å². The Labute approximate surface area is 130 Å². The average Bonchev–Trinajstić information content (AvgIpc) is 2.88. The quantitative estimate of drug-likeness (QED) is 0.701. The molecule has 2 N–H and O–H groups in total. The van der Waals surface area contributed by atoms with Gasteiger partial charge >= 0.3 is 0 Å². The van der Waals surface area contributed by atoms with Crippen molar-refractivity contribution in [3.63, 3.8) is 0 Å². The topological polar surface area (TPSA) is 43.3 Å². The molecule has 6 heteroatoms. The SMILES string of the molecule is N[C@H]1Cc2c(nc3ccccn23)C[C@@H]1c1cc(F)c(F)cc1F. The number of nitrogens with two attached hydrogens (primary N) is 1. The highest BCUT2D eigenvalue weighted by atomic mass is 19.2. The maximum absolute atomic E-state index is 14.1. The molecular formula is C17H14F3N3. The molecule has 0 unspecified atom stereocenters. The molecule has 0 spiro atoms. The van der Waals surface area contributed by atoms with Gasteiger partial charge in [0.15, 0.2) is 11.6 Å². The predicted octanol–water partition coefficient (Wildman–Crippen LogP) is 2.96. The zero-order valence-corrected chi connectivity index (χ0v) is 12.1. The molecule has 3 nitrogen and oxygen atoms in total. The van der Waals surface area contributed by atoms with E-state index in [1.165, 1.54) is 0 Å². The molecule has 1 aliphatic rings. The largest absolute Gasteiger partial charge is 0.327 e. The van der Waals surface area contributed by atoms with Crippen LogP contribution < -0.4 is 5.73 Å². The molecule has 2 atom stereocenters. The summed E-state index contributed by atoms with van der Waals surface area (Å²) in [6, 6.07) is 6.78. The molecule has 1 aliphatic carbocycles. The number of imidazole rings is 1. The van der Waals surface area contributed by atoms with E-state index in [1.54, 1.807) is 0 Å². The molecule has 0 saturated heterocycles. The van der Waals surface area contributed by atoms with Crippen LogP contribution in [-0.2, 0) is 12.8 Å². The number of hydrogen-bond donors (Lipinski definition) is 1. The molecule has 118 valence electrons. The number of hydrogen-bond acceptors (Lipinski definition) is 2. The van der Waals surface area contributed by atoms with Gasteiger partial charge in [0.25, 0.3) is 0 Å². The summed E-state index contributed by atoms with van der Waals surface area (Å²) in [6.07, 6.45) is 2.82. The lowest BCUT2D eigenvalue weighted by Gasteiger charge is -2.29. The zero-order chi connectivity index (χ0) is 16.1. The molecule has 1 aromatic carbocycles. The maximum atomic E-state index is 14.1. The molecule has 2 heterocycles. The molecule has 0 bridgehead atoms. The van der Waals surface area contributed by atoms with Crippen molar-refractivity contribution in [3.8, 4) is 0 Å². The van der Waals surface area contributed by atoms with Gasteiger partial charge in [0.1, 0.15) is 11.5 Å². The number of pyridine rings is 1. The van der Waals surface area contributed by atoms with E-state index in [4.69, 9.17) is 5.73 Å². The van der Waals surface area contributed by atoms with Crippen LogP contribution in [0.1, 0.15) is 22.9 Å². The number of halogens is 3. The summed E-state index contributed by atoms with van der Waals surface area (Å²) in [5.41, 5.74) is 8.94. The van der Waals surface area contributed by atoms with Crippen molar-refractivity contribution in [3.05, 3.63) is 70.9 Å². The third-order valence-corrected chi connectivity index (χ3v) is 4.51. The van der Waals surface area contributed by atoms with Crippen LogP contribution in [-0.4, -0.2) is 15.4 Å². The molecule has 0 saturated carbocycles. The second-order valence-electron chi connectivity index (χ2n) is 5.90. The minimum atomic E-state index is -1.19. The summed E-state index contributed by atoms with van der Waals surface area (Å²) < 4.78 is 42.7. The summed E-state index contributed by atoms with van der Waals surface area (Å²) in [6.45, 7) is 0. The fraction of sp³-hybridized carbons (Fsp3) is 0.235. The van der Waals surface area contributed by atoms with Crippen molar-refractivity contribution in [2.45, 2.75) is 24.8 Å². The van der Waals surface area contributed by atoms with Gasteiger partial charge < -0.3 is 10.1 Å². The van der Waals surface area contributed by atoms with E-state index < -0.39 is 23.4 Å². The first-order valence-corrected chi connectivity index (χ1v) is 7.39. The van der Waals surface area contributed by atoms with E-state index in [-0.39, 0.29) is 11.6 Å². The summed E-state index contributed by atoms with van der Waals surface area (Å²) >= 11 is 0. The Bertz CT molecular complexity index is 903. The van der Waals surface area contributed by atoms with Crippen molar-refractivity contribution in [2.24, 2.45) is 5.73 Å². The number of fused-ring (bicyclic) bond motifs is 3. The van der Waals surface area contributed by atoms with Gasteiger partial charge in [-0.3, -0.25) is 0 Å². The second-order valence-corrected chi connectivity index (χ2v) is 5.90. The third kappa shape index (κ3) is 2.21. The standard InChI is InChI=1S/C17H14F3N3/c18-11-7-13(20)12(19)5-9(11)10-6-15-16(8-14(10)21)23-4-2-1-3-17(23)22-15/h1-5,7,10,14H,6,8,21H2/t10-,14+/m1/s1. The predicted molar refractivity (Wildman–Crippen MR) is 79.6 cm³/mol. The lowest BCUT2D eigenvalue weighted by Crippen LogP contribution is -2.37. The second kappa shape index (κ2) is 5.09. The highest BCUT2D eigenvalue weighted by molar-refractivity contribution is 5.45. The third-order valence-electron chi connectivity index (χ3n) is 4.51. The normalized spacial score (nSPS) is 20.7. The Balaban J connectivity index is 1.79. The Hall–Kier alpha value is -2.34. The fourth-order valence-corrected chi connectivity index (χ4v) is 3.36. The highest BCUT2D eigenvalue weighted by Crippen LogP contribution is 2.34. The number of aromatic nitrogens is 2. The van der Waals surface area contributed by atoms with Crippen molar-refractivity contribution in [2.75, 3.05) is 0 Å². The van der Waals surface area contributed by atoms with Crippen LogP contribution in [0.4, 0.5) is 13.2 Å². The molecule has 0 radical (unpaired) electrons. The van der Waals surface area contributed by atoms with E-state index in [0.717, 1.165) is 23.1 Å². The van der Waals surface area contributed by atoms with Crippen molar-refractivity contribution >= 4 is 5.65 Å². The van der Waals surface area contributed by atoms with Crippen molar-refractivity contribution in [1.82, 2.24) is 9.38 Å². The summed E-state index contributed by atoms with van der Waals surface area (Å²) in [4.78, 5) is 4.55. The number of benzene rings is 1. The van der Waals surface area contributed by atoms with E-state index in [1.807, 2.05) is 28.8 Å². The number of rotatable bonds is 1. The van der Waals surface area contributed by atoms with E-state index in [0.29, 0.717) is 18.9 Å². The summed E-state index contributed by atoms with van der Waals surface area (Å²) in [5.74, 6) is -3.45. The Morgan fingerprint density at radius 3 is 2.65 bits per heavy atom. The van der Waals surface area contributed by atoms with Gasteiger partial charge in [0.2, 0.25) is 0 Å². The molecule has 4 rings (SSSR count). The van der Waals surface area contributed by atoms with Gasteiger partial charge in [0, 0.05) is 36.3 Å². The lowest BCUT2D eigenvalue weighted by atomic mass is 9.80. The van der Waals surface area contributed by atoms with Crippen LogP contribution in [0.25, 0.3) is 5.65 Å². The summed E-state index contributed by atoms with van der Waals surface area (Å²) in [5, 5.41) is 0. The maximum Gasteiger partial charge on any atom is 0.161 e. The van der Waals surface area contributed by atoms with Crippen LogP contribution in [0.5, 0.6) is 0 Å². The highest BCUT2D eigenvalue weighted by Gasteiger charge is 2.32. The molecule has 0 amide bonds. The minimum Gasteiger partial charge on any atom is -0.327 e. The van der Waals surface area contributed by atoms with Crippen LogP contribution in [0.15, 0.2) is 36.5 Å². The average molecular weight is 317 g/mol. The van der Waals surface area contributed by atoms with Crippen LogP contribution in [0.3, 0.4) is 0 Å². The van der Waals surface area contributed by atoms with Gasteiger partial charge in [0.05, 0.1) is 5.69 Å². The van der Waals surface area contributed by atoms with Gasteiger partial charge in [-0.1, -0.05) is 6.07 Å². The first-order chi connectivity index (χ1) is 11.0. The van der Waals surface area contributed by atoms with Gasteiger partial charge in [-0.25, -0.2) is 18.2 Å². The molecule has 0 fully saturated rings. The monoisotopic (exact) mass is 317 g/mol. The van der Waals surface area contributed by atoms with Crippen LogP contribution in [0, 0.1) is 17.5 Å². The Morgan fingerprint density at radius 2 is 1.83 bits per heavy atom. The van der Waals surface area contributed by atoms with Crippen LogP contribution >= 0.6 is 0 Å². The first kappa shape index (κ1) is 14.3. The smallest absolute Gasteiger partial charge is 0.161 e. The summed E-state index contributed by atoms with van der Waals surface area (Å²) in [7, 11) is 0. The van der Waals surface area contributed by atoms with Crippen LogP contribution in [0.2, 0.25) is 0 Å². The molecular weight excluding hydrogens is 303 g/mol. The fourth-order valence-electron chi connectivity index (χ4n) is 3.36.